The number of hydrogen-bond acceptors (Lipinski definition) is 9. The minimum atomic E-state index is -3.75. The molecule has 3 heterocycles. The van der Waals surface area contributed by atoms with Crippen LogP contribution >= 0.6 is 11.3 Å². The van der Waals surface area contributed by atoms with E-state index in [1.165, 1.54) is 24.6 Å². The van der Waals surface area contributed by atoms with Crippen molar-refractivity contribution in [3.05, 3.63) is 34.4 Å². The van der Waals surface area contributed by atoms with Crippen molar-refractivity contribution in [2.24, 2.45) is 10.7 Å². The molecule has 14 heteroatoms. The van der Waals surface area contributed by atoms with E-state index in [0.29, 0.717) is 5.01 Å². The SMILES string of the molecule is CC[C@@H]1[C@@](C)(c2nc(NC(=O)c3ccc(OC(F)F)cn3)cs2)N=C(N)N(C)S1(=O)=O. The number of alkyl halides is 2. The number of ether oxygens (including phenoxy) is 1. The summed E-state index contributed by atoms with van der Waals surface area (Å²) in [6.07, 6.45) is 1.28. The second kappa shape index (κ2) is 8.34. The number of thiazole rings is 1. The Morgan fingerprint density at radius 2 is 2.16 bits per heavy atom. The van der Waals surface area contributed by atoms with E-state index in [2.05, 4.69) is 25.0 Å². The molecule has 0 fully saturated rings. The molecule has 0 spiro atoms. The zero-order valence-corrected chi connectivity index (χ0v) is 18.4. The Hall–Kier alpha value is -2.87. The van der Waals surface area contributed by atoms with Crippen LogP contribution in [-0.2, 0) is 15.6 Å². The summed E-state index contributed by atoms with van der Waals surface area (Å²) < 4.78 is 55.2. The van der Waals surface area contributed by atoms with Crippen molar-refractivity contribution in [1.29, 1.82) is 0 Å². The topological polar surface area (TPSA) is 140 Å². The van der Waals surface area contributed by atoms with E-state index < -0.39 is 33.3 Å². The highest BCUT2D eigenvalue weighted by Crippen LogP contribution is 2.41. The number of aromatic nitrogens is 2. The van der Waals surface area contributed by atoms with E-state index in [0.717, 1.165) is 21.8 Å². The highest BCUT2D eigenvalue weighted by atomic mass is 32.2. The number of carbonyl (C=O) groups excluding carboxylic acids is 1. The van der Waals surface area contributed by atoms with Crippen molar-refractivity contribution in [2.75, 3.05) is 12.4 Å². The summed E-state index contributed by atoms with van der Waals surface area (Å²) in [5.74, 6) is -0.791. The minimum Gasteiger partial charge on any atom is -0.433 e. The Morgan fingerprint density at radius 1 is 1.45 bits per heavy atom. The Bertz CT molecular complexity index is 1110. The number of nitrogens with zero attached hydrogens (tertiary/aromatic N) is 4. The molecule has 2 aromatic rings. The highest BCUT2D eigenvalue weighted by molar-refractivity contribution is 7.90. The lowest BCUT2D eigenvalue weighted by Gasteiger charge is -2.39. The Morgan fingerprint density at radius 3 is 2.74 bits per heavy atom. The fourth-order valence-corrected chi connectivity index (χ4v) is 6.05. The van der Waals surface area contributed by atoms with E-state index in [9.17, 15) is 22.0 Å². The maximum atomic E-state index is 12.8. The first kappa shape index (κ1) is 22.8. The van der Waals surface area contributed by atoms with Gasteiger partial charge in [0.25, 0.3) is 5.91 Å². The third kappa shape index (κ3) is 4.30. The number of aliphatic imine (C=N–C) groups is 1. The van der Waals surface area contributed by atoms with Crippen molar-refractivity contribution in [3.63, 3.8) is 0 Å². The van der Waals surface area contributed by atoms with E-state index in [4.69, 9.17) is 5.73 Å². The molecule has 0 saturated carbocycles. The summed E-state index contributed by atoms with van der Waals surface area (Å²) >= 11 is 1.13. The number of rotatable bonds is 6. The molecule has 3 N–H and O–H groups in total. The first-order valence-corrected chi connectivity index (χ1v) is 11.4. The van der Waals surface area contributed by atoms with E-state index in [1.54, 1.807) is 13.8 Å². The first-order chi connectivity index (χ1) is 14.5. The Kier molecular flexibility index (Phi) is 6.14. The molecule has 1 aliphatic rings. The lowest BCUT2D eigenvalue weighted by molar-refractivity contribution is -0.0500. The summed E-state index contributed by atoms with van der Waals surface area (Å²) in [5, 5.41) is 3.55. The zero-order chi connectivity index (χ0) is 23.0. The van der Waals surface area contributed by atoms with Gasteiger partial charge in [-0.2, -0.15) is 8.78 Å². The van der Waals surface area contributed by atoms with Crippen molar-refractivity contribution in [3.8, 4) is 5.75 Å². The fourth-order valence-electron chi connectivity index (χ4n) is 3.22. The van der Waals surface area contributed by atoms with Crippen LogP contribution in [0.3, 0.4) is 0 Å². The number of halogens is 2. The number of hydrogen-bond donors (Lipinski definition) is 2. The molecule has 1 aliphatic heterocycles. The first-order valence-electron chi connectivity index (χ1n) is 9.00. The number of anilines is 1. The smallest absolute Gasteiger partial charge is 0.387 e. The zero-order valence-electron chi connectivity index (χ0n) is 16.7. The van der Waals surface area contributed by atoms with Crippen LogP contribution in [0.25, 0.3) is 0 Å². The van der Waals surface area contributed by atoms with Gasteiger partial charge in [0, 0.05) is 12.4 Å². The maximum absolute atomic E-state index is 12.8. The second-order valence-corrected chi connectivity index (χ2v) is 9.78. The summed E-state index contributed by atoms with van der Waals surface area (Å²) in [6.45, 7) is 0.365. The van der Waals surface area contributed by atoms with Crippen molar-refractivity contribution < 1.29 is 26.7 Å². The lowest BCUT2D eigenvalue weighted by atomic mass is 9.97. The maximum Gasteiger partial charge on any atom is 0.387 e. The monoisotopic (exact) mass is 474 g/mol. The third-order valence-electron chi connectivity index (χ3n) is 4.78. The summed E-state index contributed by atoms with van der Waals surface area (Å²) in [7, 11) is -2.40. The predicted octanol–water partition coefficient (Wildman–Crippen LogP) is 1.98. The van der Waals surface area contributed by atoms with Crippen LogP contribution in [0.2, 0.25) is 0 Å². The van der Waals surface area contributed by atoms with Gasteiger partial charge in [0.2, 0.25) is 16.0 Å². The average molecular weight is 475 g/mol. The number of sulfonamides is 1. The number of nitrogens with two attached hydrogens (primary N) is 1. The van der Waals surface area contributed by atoms with Crippen LogP contribution in [0.4, 0.5) is 14.6 Å². The van der Waals surface area contributed by atoms with E-state index >= 15 is 0 Å². The number of pyridine rings is 1. The summed E-state index contributed by atoms with van der Waals surface area (Å²) in [5.41, 5.74) is 4.55. The van der Waals surface area contributed by atoms with Gasteiger partial charge in [-0.15, -0.1) is 11.3 Å². The van der Waals surface area contributed by atoms with Crippen molar-refractivity contribution in [1.82, 2.24) is 14.3 Å². The molecular weight excluding hydrogens is 454 g/mol. The molecule has 0 radical (unpaired) electrons. The van der Waals surface area contributed by atoms with Crippen LogP contribution in [0.15, 0.2) is 28.7 Å². The normalized spacial score (nSPS) is 22.8. The van der Waals surface area contributed by atoms with E-state index in [1.807, 2.05) is 0 Å². The molecule has 0 bridgehead atoms. The van der Waals surface area contributed by atoms with Gasteiger partial charge in [0.1, 0.15) is 33.1 Å². The average Bonchev–Trinajstić information content (AvgIpc) is 3.16. The molecule has 2 atom stereocenters. The third-order valence-corrected chi connectivity index (χ3v) is 8.31. The molecule has 3 rings (SSSR count). The Balaban J connectivity index is 1.83. The largest absolute Gasteiger partial charge is 0.433 e. The standard InChI is InChI=1S/C17H20F2N6O4S2/c1-4-11-17(2,24-16(20)25(3)31(11,27)28)14-23-12(8-30-14)22-13(26)10-6-5-9(7-21-10)29-15(18)19/h5-8,11,15H,4H2,1-3H3,(H2,20,24)(H,22,26)/t11-,17+/m1/s1. The second-order valence-electron chi connectivity index (χ2n) is 6.78. The van der Waals surface area contributed by atoms with Crippen LogP contribution in [0.5, 0.6) is 5.75 Å². The van der Waals surface area contributed by atoms with Gasteiger partial charge in [-0.25, -0.2) is 27.7 Å². The van der Waals surface area contributed by atoms with Gasteiger partial charge in [0.15, 0.2) is 0 Å². The number of carbonyl (C=O) groups is 1. The molecule has 0 aromatic carbocycles. The van der Waals surface area contributed by atoms with Gasteiger partial charge >= 0.3 is 6.61 Å². The summed E-state index contributed by atoms with van der Waals surface area (Å²) in [6, 6.07) is 2.41. The quantitative estimate of drug-likeness (QED) is 0.652. The van der Waals surface area contributed by atoms with Gasteiger partial charge in [-0.1, -0.05) is 6.92 Å². The molecule has 31 heavy (non-hydrogen) atoms. The summed E-state index contributed by atoms with van der Waals surface area (Å²) in [4.78, 5) is 24.9. The van der Waals surface area contributed by atoms with Gasteiger partial charge in [-0.3, -0.25) is 4.79 Å². The van der Waals surface area contributed by atoms with Crippen molar-refractivity contribution >= 4 is 39.0 Å². The van der Waals surface area contributed by atoms with Gasteiger partial charge < -0.3 is 15.8 Å². The lowest BCUT2D eigenvalue weighted by Crippen LogP contribution is -2.56. The molecule has 0 unspecified atom stereocenters. The number of guanidine groups is 1. The molecule has 10 nitrogen and oxygen atoms in total. The number of nitrogens with one attached hydrogen (secondary N) is 1. The van der Waals surface area contributed by atoms with Crippen LogP contribution < -0.4 is 15.8 Å². The molecular formula is C17H20F2N6O4S2. The van der Waals surface area contributed by atoms with Gasteiger partial charge in [0.05, 0.1) is 6.20 Å². The molecule has 168 valence electrons. The molecule has 0 saturated heterocycles. The van der Waals surface area contributed by atoms with E-state index in [-0.39, 0.29) is 29.6 Å². The van der Waals surface area contributed by atoms with Crippen LogP contribution in [0, 0.1) is 0 Å². The Labute approximate surface area is 181 Å². The number of amides is 1. The molecule has 0 aliphatic carbocycles. The predicted molar refractivity (Wildman–Crippen MR) is 111 cm³/mol. The highest BCUT2D eigenvalue weighted by Gasteiger charge is 2.51. The van der Waals surface area contributed by atoms with Gasteiger partial charge in [-0.05, 0) is 25.5 Å². The van der Waals surface area contributed by atoms with Crippen LogP contribution in [-0.4, -0.2) is 53.5 Å². The van der Waals surface area contributed by atoms with Crippen LogP contribution in [0.1, 0.15) is 35.8 Å². The molecule has 1 amide bonds. The minimum absolute atomic E-state index is 0.0436. The van der Waals surface area contributed by atoms with Crippen molar-refractivity contribution in [2.45, 2.75) is 37.7 Å². The fraction of sp³-hybridized carbons (Fsp3) is 0.412. The molecule has 2 aromatic heterocycles.